The van der Waals surface area contributed by atoms with Gasteiger partial charge in [0.05, 0.1) is 5.52 Å². The quantitative estimate of drug-likeness (QED) is 0.440. The topological polar surface area (TPSA) is 18.1 Å². The van der Waals surface area contributed by atoms with Crippen LogP contribution in [0.5, 0.6) is 0 Å². The number of furan rings is 1. The number of aromatic nitrogens is 1. The van der Waals surface area contributed by atoms with Crippen molar-refractivity contribution in [1.29, 1.82) is 0 Å². The fourth-order valence-corrected chi connectivity index (χ4v) is 3.24. The maximum atomic E-state index is 6.15. The van der Waals surface area contributed by atoms with E-state index in [0.29, 0.717) is 0 Å². The minimum Gasteiger partial charge on any atom is -0.454 e. The number of allylic oxidation sites excluding steroid dienone is 2. The molecule has 0 spiro atoms. The van der Waals surface area contributed by atoms with Crippen molar-refractivity contribution in [2.45, 2.75) is 6.92 Å². The van der Waals surface area contributed by atoms with Crippen LogP contribution in [-0.2, 0) is 7.05 Å². The number of fused-ring (bicyclic) bond motifs is 5. The molecule has 0 atom stereocenters. The van der Waals surface area contributed by atoms with E-state index >= 15 is 0 Å². The molecule has 0 saturated heterocycles. The zero-order chi connectivity index (χ0) is 15.3. The highest BCUT2D eigenvalue weighted by Crippen LogP contribution is 2.37. The van der Waals surface area contributed by atoms with E-state index in [1.165, 1.54) is 27.4 Å². The summed E-state index contributed by atoms with van der Waals surface area (Å²) < 4.78 is 8.37. The lowest BCUT2D eigenvalue weighted by molar-refractivity contribution is 0.669. The zero-order valence-electron chi connectivity index (χ0n) is 12.8. The monoisotopic (exact) mass is 287 g/mol. The van der Waals surface area contributed by atoms with Crippen LogP contribution in [0.4, 0.5) is 0 Å². The number of hydrogen-bond donors (Lipinski definition) is 0. The van der Waals surface area contributed by atoms with E-state index in [9.17, 15) is 0 Å². The second-order valence-electron chi connectivity index (χ2n) is 5.59. The molecule has 0 N–H and O–H groups in total. The van der Waals surface area contributed by atoms with Gasteiger partial charge in [-0.2, -0.15) is 0 Å². The normalized spacial score (nSPS) is 12.1. The molecule has 0 saturated carbocycles. The van der Waals surface area contributed by atoms with Gasteiger partial charge in [0.25, 0.3) is 0 Å². The van der Waals surface area contributed by atoms with Crippen molar-refractivity contribution in [3.63, 3.8) is 0 Å². The molecular formula is C20H17NO. The van der Waals surface area contributed by atoms with E-state index in [1.807, 2.05) is 18.2 Å². The molecule has 0 amide bonds. The molecule has 2 nitrogen and oxygen atoms in total. The molecule has 4 aromatic rings. The van der Waals surface area contributed by atoms with Gasteiger partial charge in [0, 0.05) is 34.5 Å². The van der Waals surface area contributed by atoms with Gasteiger partial charge in [0.2, 0.25) is 0 Å². The van der Waals surface area contributed by atoms with E-state index in [2.05, 4.69) is 55.5 Å². The van der Waals surface area contributed by atoms with Crippen LogP contribution in [0.25, 0.3) is 38.9 Å². The Morgan fingerprint density at radius 3 is 2.64 bits per heavy atom. The van der Waals surface area contributed by atoms with Crippen LogP contribution < -0.4 is 0 Å². The smallest absolute Gasteiger partial charge is 0.159 e. The molecule has 4 rings (SSSR count). The first-order valence-corrected chi connectivity index (χ1v) is 7.40. The Morgan fingerprint density at radius 2 is 1.82 bits per heavy atom. The molecule has 0 aliphatic rings. The molecule has 0 radical (unpaired) electrons. The van der Waals surface area contributed by atoms with E-state index in [0.717, 1.165) is 16.7 Å². The lowest BCUT2D eigenvalue weighted by atomic mass is 10.1. The second kappa shape index (κ2) is 4.63. The molecule has 2 aromatic carbocycles. The average Bonchev–Trinajstić information content (AvgIpc) is 3.02. The Labute approximate surface area is 129 Å². The Hall–Kier alpha value is -2.74. The average molecular weight is 287 g/mol. The zero-order valence-corrected chi connectivity index (χ0v) is 12.8. The largest absolute Gasteiger partial charge is 0.454 e. The van der Waals surface area contributed by atoms with Gasteiger partial charge < -0.3 is 8.98 Å². The SMILES string of the molecule is C=C/C=C\c1c(C)n(C)c2c1ccc1c3ccccc3oc12. The van der Waals surface area contributed by atoms with Crippen molar-refractivity contribution in [3.8, 4) is 0 Å². The third-order valence-corrected chi connectivity index (χ3v) is 4.44. The van der Waals surface area contributed by atoms with Crippen LogP contribution in [0.15, 0.2) is 59.5 Å². The molecule has 2 heteroatoms. The summed E-state index contributed by atoms with van der Waals surface area (Å²) in [5.41, 5.74) is 5.49. The van der Waals surface area contributed by atoms with Crippen LogP contribution in [-0.4, -0.2) is 4.57 Å². The van der Waals surface area contributed by atoms with E-state index in [4.69, 9.17) is 4.42 Å². The first kappa shape index (κ1) is 13.0. The summed E-state index contributed by atoms with van der Waals surface area (Å²) in [5, 5.41) is 3.55. The van der Waals surface area contributed by atoms with Crippen molar-refractivity contribution in [1.82, 2.24) is 4.57 Å². The van der Waals surface area contributed by atoms with Crippen LogP contribution in [0.3, 0.4) is 0 Å². The molecule has 0 aliphatic heterocycles. The summed E-state index contributed by atoms with van der Waals surface area (Å²) in [7, 11) is 2.09. The first-order chi connectivity index (χ1) is 10.7. The number of aryl methyl sites for hydroxylation is 1. The van der Waals surface area contributed by atoms with Crippen molar-refractivity contribution in [3.05, 3.63) is 66.4 Å². The number of rotatable bonds is 2. The summed E-state index contributed by atoms with van der Waals surface area (Å²) in [4.78, 5) is 0. The summed E-state index contributed by atoms with van der Waals surface area (Å²) in [6, 6.07) is 12.5. The highest BCUT2D eigenvalue weighted by Gasteiger charge is 2.16. The molecule has 2 heterocycles. The molecule has 0 fully saturated rings. The second-order valence-corrected chi connectivity index (χ2v) is 5.59. The van der Waals surface area contributed by atoms with Crippen LogP contribution in [0.2, 0.25) is 0 Å². The van der Waals surface area contributed by atoms with Gasteiger partial charge in [0.15, 0.2) is 5.58 Å². The van der Waals surface area contributed by atoms with Gasteiger partial charge in [-0.25, -0.2) is 0 Å². The summed E-state index contributed by atoms with van der Waals surface area (Å²) in [6.45, 7) is 5.90. The maximum Gasteiger partial charge on any atom is 0.159 e. The molecule has 2 aromatic heterocycles. The molecule has 108 valence electrons. The lowest BCUT2D eigenvalue weighted by Gasteiger charge is -1.99. The van der Waals surface area contributed by atoms with E-state index in [1.54, 1.807) is 6.08 Å². The Bertz CT molecular complexity index is 1060. The number of para-hydroxylation sites is 1. The lowest BCUT2D eigenvalue weighted by Crippen LogP contribution is -1.90. The van der Waals surface area contributed by atoms with Crippen molar-refractivity contribution >= 4 is 38.9 Å². The van der Waals surface area contributed by atoms with E-state index < -0.39 is 0 Å². The standard InChI is InChI=1S/C20H17NO/c1-4-5-8-14-13(2)21(3)19-16(14)11-12-17-15-9-6-7-10-18(15)22-20(17)19/h4-12H,1H2,2-3H3/b8-5-. The van der Waals surface area contributed by atoms with Crippen LogP contribution in [0, 0.1) is 6.92 Å². The van der Waals surface area contributed by atoms with Crippen LogP contribution >= 0.6 is 0 Å². The van der Waals surface area contributed by atoms with Gasteiger partial charge in [-0.15, -0.1) is 0 Å². The third kappa shape index (κ3) is 1.61. The van der Waals surface area contributed by atoms with Gasteiger partial charge in [-0.3, -0.25) is 0 Å². The van der Waals surface area contributed by atoms with Gasteiger partial charge in [0.1, 0.15) is 5.58 Å². The fraction of sp³-hybridized carbons (Fsp3) is 0.100. The number of hydrogen-bond acceptors (Lipinski definition) is 1. The Balaban J connectivity index is 2.20. The summed E-state index contributed by atoms with van der Waals surface area (Å²) >= 11 is 0. The fourth-order valence-electron chi connectivity index (χ4n) is 3.24. The molecule has 0 aliphatic carbocycles. The van der Waals surface area contributed by atoms with Crippen LogP contribution in [0.1, 0.15) is 11.3 Å². The van der Waals surface area contributed by atoms with Crippen molar-refractivity contribution in [2.75, 3.05) is 0 Å². The molecular weight excluding hydrogens is 270 g/mol. The molecule has 0 bridgehead atoms. The maximum absolute atomic E-state index is 6.15. The number of nitrogens with zero attached hydrogens (tertiary/aromatic N) is 1. The predicted molar refractivity (Wildman–Crippen MR) is 94.2 cm³/mol. The van der Waals surface area contributed by atoms with Gasteiger partial charge in [-0.05, 0) is 19.1 Å². The highest BCUT2D eigenvalue weighted by atomic mass is 16.3. The highest BCUT2D eigenvalue weighted by molar-refractivity contribution is 6.15. The van der Waals surface area contributed by atoms with Gasteiger partial charge >= 0.3 is 0 Å². The summed E-state index contributed by atoms with van der Waals surface area (Å²) in [6.07, 6.45) is 5.89. The Kier molecular flexibility index (Phi) is 2.73. The van der Waals surface area contributed by atoms with E-state index in [-0.39, 0.29) is 0 Å². The van der Waals surface area contributed by atoms with Crippen molar-refractivity contribution in [2.24, 2.45) is 7.05 Å². The Morgan fingerprint density at radius 1 is 1.05 bits per heavy atom. The minimum absolute atomic E-state index is 0.937. The summed E-state index contributed by atoms with van der Waals surface area (Å²) in [5.74, 6) is 0. The number of benzene rings is 2. The predicted octanol–water partition coefficient (Wildman–Crippen LogP) is 5.59. The molecule has 0 unspecified atom stereocenters. The van der Waals surface area contributed by atoms with Gasteiger partial charge in [-0.1, -0.05) is 49.1 Å². The minimum atomic E-state index is 0.937. The molecule has 22 heavy (non-hydrogen) atoms. The first-order valence-electron chi connectivity index (χ1n) is 7.40. The third-order valence-electron chi connectivity index (χ3n) is 4.44. The van der Waals surface area contributed by atoms with Crippen molar-refractivity contribution < 1.29 is 4.42 Å².